The van der Waals surface area contributed by atoms with Crippen LogP contribution in [0.5, 0.6) is 11.5 Å². The Morgan fingerprint density at radius 2 is 1.70 bits per heavy atom. The van der Waals surface area contributed by atoms with Gasteiger partial charge in [-0.3, -0.25) is 4.31 Å². The number of hydrogen-bond donors (Lipinski definition) is 0. The van der Waals surface area contributed by atoms with E-state index in [-0.39, 0.29) is 12.4 Å². The van der Waals surface area contributed by atoms with E-state index in [2.05, 4.69) is 0 Å². The standard InChI is InChI=1S/C16H18FNO4S/c1-21-14-8-9-15(16(10-14)22-2)18(23(3,19)20)11-12-4-6-13(17)7-5-12/h4-10H,11H2,1-3H3. The minimum atomic E-state index is -3.56. The molecule has 0 saturated carbocycles. The summed E-state index contributed by atoms with van der Waals surface area (Å²) >= 11 is 0. The first-order chi connectivity index (χ1) is 10.8. The number of sulfonamides is 1. The second-order valence-corrected chi connectivity index (χ2v) is 6.84. The highest BCUT2D eigenvalue weighted by molar-refractivity contribution is 7.92. The summed E-state index contributed by atoms with van der Waals surface area (Å²) in [7, 11) is -0.590. The molecular weight excluding hydrogens is 321 g/mol. The maximum Gasteiger partial charge on any atom is 0.232 e. The highest BCUT2D eigenvalue weighted by Crippen LogP contribution is 2.34. The van der Waals surface area contributed by atoms with Crippen LogP contribution in [0.1, 0.15) is 5.56 Å². The molecule has 2 rings (SSSR count). The molecule has 0 aromatic heterocycles. The third kappa shape index (κ3) is 4.13. The minimum absolute atomic E-state index is 0.0712. The molecule has 124 valence electrons. The summed E-state index contributed by atoms with van der Waals surface area (Å²) in [6, 6.07) is 10.6. The average Bonchev–Trinajstić information content (AvgIpc) is 2.52. The second-order valence-electron chi connectivity index (χ2n) is 4.93. The monoisotopic (exact) mass is 339 g/mol. The molecule has 0 spiro atoms. The van der Waals surface area contributed by atoms with E-state index in [0.717, 1.165) is 6.26 Å². The SMILES string of the molecule is COc1ccc(N(Cc2ccc(F)cc2)S(C)(=O)=O)c(OC)c1. The first-order valence-electron chi connectivity index (χ1n) is 6.79. The molecule has 0 aliphatic rings. The molecule has 0 atom stereocenters. The van der Waals surface area contributed by atoms with E-state index in [4.69, 9.17) is 9.47 Å². The van der Waals surface area contributed by atoms with Crippen molar-refractivity contribution >= 4 is 15.7 Å². The highest BCUT2D eigenvalue weighted by Gasteiger charge is 2.22. The van der Waals surface area contributed by atoms with Crippen molar-refractivity contribution < 1.29 is 22.3 Å². The van der Waals surface area contributed by atoms with Gasteiger partial charge in [0.25, 0.3) is 0 Å². The third-order valence-corrected chi connectivity index (χ3v) is 4.42. The van der Waals surface area contributed by atoms with Crippen LogP contribution < -0.4 is 13.8 Å². The minimum Gasteiger partial charge on any atom is -0.497 e. The zero-order chi connectivity index (χ0) is 17.0. The molecule has 7 heteroatoms. The van der Waals surface area contributed by atoms with Crippen LogP contribution in [0.15, 0.2) is 42.5 Å². The fourth-order valence-electron chi connectivity index (χ4n) is 2.13. The van der Waals surface area contributed by atoms with E-state index in [1.54, 1.807) is 30.3 Å². The molecular formula is C16H18FNO4S. The van der Waals surface area contributed by atoms with Gasteiger partial charge in [-0.2, -0.15) is 0 Å². The number of hydrogen-bond acceptors (Lipinski definition) is 4. The van der Waals surface area contributed by atoms with Crippen molar-refractivity contribution in [1.82, 2.24) is 0 Å². The van der Waals surface area contributed by atoms with Gasteiger partial charge in [0.2, 0.25) is 10.0 Å². The van der Waals surface area contributed by atoms with Crippen molar-refractivity contribution in [3.05, 3.63) is 53.8 Å². The zero-order valence-electron chi connectivity index (χ0n) is 13.1. The lowest BCUT2D eigenvalue weighted by atomic mass is 10.2. The average molecular weight is 339 g/mol. The Morgan fingerprint density at radius 3 is 2.22 bits per heavy atom. The van der Waals surface area contributed by atoms with Crippen LogP contribution in [-0.2, 0) is 16.6 Å². The molecule has 0 heterocycles. The molecule has 0 N–H and O–H groups in total. The maximum atomic E-state index is 13.0. The van der Waals surface area contributed by atoms with Crippen LogP contribution in [-0.4, -0.2) is 28.9 Å². The quantitative estimate of drug-likeness (QED) is 0.812. The largest absolute Gasteiger partial charge is 0.497 e. The Bertz CT molecular complexity index is 775. The Labute approximate surface area is 135 Å². The molecule has 0 aliphatic heterocycles. The zero-order valence-corrected chi connectivity index (χ0v) is 13.9. The number of methoxy groups -OCH3 is 2. The Morgan fingerprint density at radius 1 is 1.04 bits per heavy atom. The molecule has 0 fully saturated rings. The summed E-state index contributed by atoms with van der Waals surface area (Å²) < 4.78 is 49.0. The molecule has 0 saturated heterocycles. The lowest BCUT2D eigenvalue weighted by Crippen LogP contribution is -2.29. The summed E-state index contributed by atoms with van der Waals surface area (Å²) in [4.78, 5) is 0. The lowest BCUT2D eigenvalue weighted by Gasteiger charge is -2.24. The van der Waals surface area contributed by atoms with Crippen molar-refractivity contribution in [2.24, 2.45) is 0 Å². The Kier molecular flexibility index (Phi) is 5.10. The van der Waals surface area contributed by atoms with Crippen LogP contribution in [0, 0.1) is 5.82 Å². The topological polar surface area (TPSA) is 55.8 Å². The summed E-state index contributed by atoms with van der Waals surface area (Å²) in [6.07, 6.45) is 1.11. The van der Waals surface area contributed by atoms with Gasteiger partial charge in [-0.1, -0.05) is 12.1 Å². The number of benzene rings is 2. The van der Waals surface area contributed by atoms with E-state index in [1.807, 2.05) is 0 Å². The van der Waals surface area contributed by atoms with Crippen molar-refractivity contribution in [1.29, 1.82) is 0 Å². The summed E-state index contributed by atoms with van der Waals surface area (Å²) in [5, 5.41) is 0. The number of rotatable bonds is 6. The van der Waals surface area contributed by atoms with E-state index < -0.39 is 10.0 Å². The van der Waals surface area contributed by atoms with Crippen LogP contribution >= 0.6 is 0 Å². The summed E-state index contributed by atoms with van der Waals surface area (Å²) in [5.74, 6) is 0.555. The van der Waals surface area contributed by atoms with Crippen LogP contribution in [0.25, 0.3) is 0 Å². The normalized spacial score (nSPS) is 11.1. The van der Waals surface area contributed by atoms with Crippen molar-refractivity contribution in [2.45, 2.75) is 6.54 Å². The predicted molar refractivity (Wildman–Crippen MR) is 87.0 cm³/mol. The van der Waals surface area contributed by atoms with E-state index in [9.17, 15) is 12.8 Å². The molecule has 0 bridgehead atoms. The predicted octanol–water partition coefficient (Wildman–Crippen LogP) is 2.81. The maximum absolute atomic E-state index is 13.0. The molecule has 0 unspecified atom stereocenters. The van der Waals surface area contributed by atoms with Gasteiger partial charge in [0.05, 0.1) is 32.7 Å². The highest BCUT2D eigenvalue weighted by atomic mass is 32.2. The molecule has 2 aromatic carbocycles. The molecule has 0 amide bonds. The molecule has 5 nitrogen and oxygen atoms in total. The van der Waals surface area contributed by atoms with E-state index in [0.29, 0.717) is 22.7 Å². The van der Waals surface area contributed by atoms with Crippen LogP contribution in [0.3, 0.4) is 0 Å². The third-order valence-electron chi connectivity index (χ3n) is 3.30. The summed E-state index contributed by atoms with van der Waals surface area (Å²) in [5.41, 5.74) is 1.05. The Balaban J connectivity index is 2.45. The number of anilines is 1. The lowest BCUT2D eigenvalue weighted by molar-refractivity contribution is 0.395. The van der Waals surface area contributed by atoms with Gasteiger partial charge in [-0.15, -0.1) is 0 Å². The van der Waals surface area contributed by atoms with Crippen molar-refractivity contribution in [3.8, 4) is 11.5 Å². The molecule has 23 heavy (non-hydrogen) atoms. The van der Waals surface area contributed by atoms with E-state index >= 15 is 0 Å². The van der Waals surface area contributed by atoms with Crippen molar-refractivity contribution in [2.75, 3.05) is 24.8 Å². The summed E-state index contributed by atoms with van der Waals surface area (Å²) in [6.45, 7) is 0.0712. The first kappa shape index (κ1) is 17.1. The van der Waals surface area contributed by atoms with Gasteiger partial charge in [0.15, 0.2) is 0 Å². The fourth-order valence-corrected chi connectivity index (χ4v) is 3.02. The van der Waals surface area contributed by atoms with Gasteiger partial charge >= 0.3 is 0 Å². The number of nitrogens with zero attached hydrogens (tertiary/aromatic N) is 1. The second kappa shape index (κ2) is 6.87. The van der Waals surface area contributed by atoms with Gasteiger partial charge in [-0.25, -0.2) is 12.8 Å². The smallest absolute Gasteiger partial charge is 0.232 e. The fraction of sp³-hybridized carbons (Fsp3) is 0.250. The van der Waals surface area contributed by atoms with Crippen LogP contribution in [0.2, 0.25) is 0 Å². The first-order valence-corrected chi connectivity index (χ1v) is 8.64. The van der Waals surface area contributed by atoms with E-state index in [1.165, 1.54) is 30.7 Å². The molecule has 2 aromatic rings. The van der Waals surface area contributed by atoms with Crippen molar-refractivity contribution in [3.63, 3.8) is 0 Å². The van der Waals surface area contributed by atoms with Gasteiger partial charge < -0.3 is 9.47 Å². The van der Waals surface area contributed by atoms with Crippen LogP contribution in [0.4, 0.5) is 10.1 Å². The molecule has 0 radical (unpaired) electrons. The molecule has 0 aliphatic carbocycles. The van der Waals surface area contributed by atoms with Gasteiger partial charge in [0.1, 0.15) is 17.3 Å². The number of halogens is 1. The van der Waals surface area contributed by atoms with Gasteiger partial charge in [-0.05, 0) is 29.8 Å². The Hall–Kier alpha value is -2.28. The van der Waals surface area contributed by atoms with Gasteiger partial charge in [0, 0.05) is 6.07 Å². The number of ether oxygens (including phenoxy) is 2.